The van der Waals surface area contributed by atoms with Crippen molar-refractivity contribution in [2.75, 3.05) is 31.2 Å². The van der Waals surface area contributed by atoms with Gasteiger partial charge < -0.3 is 16.0 Å². The molecular formula is C11H18N4O. The number of nitrogens with two attached hydrogens (primary N) is 1. The summed E-state index contributed by atoms with van der Waals surface area (Å²) in [5.74, 6) is 0.711. The number of aromatic nitrogens is 1. The molecule has 1 rings (SSSR count). The molecule has 0 aliphatic rings. The summed E-state index contributed by atoms with van der Waals surface area (Å²) in [6.07, 6.45) is 1.59. The van der Waals surface area contributed by atoms with Gasteiger partial charge in [-0.15, -0.1) is 0 Å². The van der Waals surface area contributed by atoms with Gasteiger partial charge in [0.25, 0.3) is 0 Å². The molecule has 0 saturated heterocycles. The molecule has 1 heterocycles. The van der Waals surface area contributed by atoms with Crippen LogP contribution in [0.4, 0.5) is 11.5 Å². The van der Waals surface area contributed by atoms with Crippen molar-refractivity contribution in [1.82, 2.24) is 9.88 Å². The average molecular weight is 222 g/mol. The second kappa shape index (κ2) is 5.34. The van der Waals surface area contributed by atoms with Crippen LogP contribution in [-0.2, 0) is 4.79 Å². The zero-order chi connectivity index (χ0) is 12.1. The lowest BCUT2D eigenvalue weighted by atomic mass is 10.2. The minimum absolute atomic E-state index is 0.0405. The second-order valence-electron chi connectivity index (χ2n) is 3.69. The van der Waals surface area contributed by atoms with Gasteiger partial charge in [-0.2, -0.15) is 0 Å². The molecule has 0 aliphatic heterocycles. The number of nitrogen functional groups attached to an aromatic ring is 1. The Morgan fingerprint density at radius 1 is 1.62 bits per heavy atom. The van der Waals surface area contributed by atoms with Gasteiger partial charge in [-0.05, 0) is 25.5 Å². The maximum Gasteiger partial charge on any atom is 0.241 e. The molecule has 0 saturated carbocycles. The van der Waals surface area contributed by atoms with Crippen molar-refractivity contribution in [3.8, 4) is 0 Å². The normalized spacial score (nSPS) is 9.94. The quantitative estimate of drug-likeness (QED) is 0.792. The van der Waals surface area contributed by atoms with E-state index in [2.05, 4.69) is 10.3 Å². The number of rotatable bonds is 4. The van der Waals surface area contributed by atoms with Gasteiger partial charge in [0.1, 0.15) is 5.82 Å². The molecule has 0 radical (unpaired) electrons. The van der Waals surface area contributed by atoms with E-state index in [-0.39, 0.29) is 12.5 Å². The standard InChI is InChI=1S/C11H18N4O/c1-4-15(3)11(16)7-14-10-5-8(2)9(12)6-13-10/h5-6H,4,7,12H2,1-3H3,(H,13,14). The SMILES string of the molecule is CCN(C)C(=O)CNc1cc(C)c(N)cn1. The van der Waals surface area contributed by atoms with Crippen LogP contribution in [0.1, 0.15) is 12.5 Å². The third-order valence-electron chi connectivity index (χ3n) is 2.47. The summed E-state index contributed by atoms with van der Waals surface area (Å²) >= 11 is 0. The van der Waals surface area contributed by atoms with Crippen LogP contribution < -0.4 is 11.1 Å². The van der Waals surface area contributed by atoms with E-state index < -0.39 is 0 Å². The summed E-state index contributed by atoms with van der Waals surface area (Å²) in [7, 11) is 1.77. The number of anilines is 2. The molecule has 0 spiro atoms. The Morgan fingerprint density at radius 2 is 2.31 bits per heavy atom. The predicted octanol–water partition coefficient (Wildman–Crippen LogP) is 0.862. The Hall–Kier alpha value is -1.78. The fourth-order valence-electron chi connectivity index (χ4n) is 1.14. The first-order valence-corrected chi connectivity index (χ1v) is 5.24. The zero-order valence-electron chi connectivity index (χ0n) is 9.95. The first-order chi connectivity index (χ1) is 7.54. The monoisotopic (exact) mass is 222 g/mol. The number of hydrogen-bond acceptors (Lipinski definition) is 4. The average Bonchev–Trinajstić information content (AvgIpc) is 2.29. The number of carbonyl (C=O) groups excluding carboxylic acids is 1. The van der Waals surface area contributed by atoms with Crippen LogP contribution in [0, 0.1) is 6.92 Å². The summed E-state index contributed by atoms with van der Waals surface area (Å²) in [5, 5.41) is 2.97. The van der Waals surface area contributed by atoms with E-state index in [4.69, 9.17) is 5.73 Å². The molecule has 3 N–H and O–H groups in total. The van der Waals surface area contributed by atoms with E-state index in [1.54, 1.807) is 18.1 Å². The van der Waals surface area contributed by atoms with Gasteiger partial charge in [0.2, 0.25) is 5.91 Å². The van der Waals surface area contributed by atoms with Gasteiger partial charge in [-0.1, -0.05) is 0 Å². The molecule has 5 heteroatoms. The van der Waals surface area contributed by atoms with Crippen LogP contribution in [0.5, 0.6) is 0 Å². The molecule has 5 nitrogen and oxygen atoms in total. The molecule has 16 heavy (non-hydrogen) atoms. The number of nitrogens with zero attached hydrogens (tertiary/aromatic N) is 2. The molecule has 0 aliphatic carbocycles. The topological polar surface area (TPSA) is 71.2 Å². The van der Waals surface area contributed by atoms with Gasteiger partial charge in [0.15, 0.2) is 0 Å². The highest BCUT2D eigenvalue weighted by Gasteiger charge is 2.06. The largest absolute Gasteiger partial charge is 0.397 e. The van der Waals surface area contributed by atoms with E-state index in [0.717, 1.165) is 5.56 Å². The summed E-state index contributed by atoms with van der Waals surface area (Å²) in [6.45, 7) is 4.79. The molecule has 0 unspecified atom stereocenters. The molecule has 1 amide bonds. The lowest BCUT2D eigenvalue weighted by Crippen LogP contribution is -2.32. The summed E-state index contributed by atoms with van der Waals surface area (Å²) in [5.41, 5.74) is 7.26. The minimum Gasteiger partial charge on any atom is -0.397 e. The van der Waals surface area contributed by atoms with Crippen molar-refractivity contribution in [2.24, 2.45) is 0 Å². The van der Waals surface area contributed by atoms with Gasteiger partial charge in [0.05, 0.1) is 18.4 Å². The summed E-state index contributed by atoms with van der Waals surface area (Å²) in [4.78, 5) is 17.2. The number of pyridine rings is 1. The number of amides is 1. The van der Waals surface area contributed by atoms with Crippen molar-refractivity contribution in [3.05, 3.63) is 17.8 Å². The third-order valence-corrected chi connectivity index (χ3v) is 2.47. The van der Waals surface area contributed by atoms with Gasteiger partial charge in [-0.3, -0.25) is 4.79 Å². The maximum atomic E-state index is 11.5. The Bertz CT molecular complexity index is 378. The van der Waals surface area contributed by atoms with E-state index >= 15 is 0 Å². The highest BCUT2D eigenvalue weighted by molar-refractivity contribution is 5.80. The third kappa shape index (κ3) is 3.12. The first kappa shape index (κ1) is 12.3. The Labute approximate surface area is 95.7 Å². The number of likely N-dealkylation sites (N-methyl/N-ethyl adjacent to an activating group) is 1. The maximum absolute atomic E-state index is 11.5. The minimum atomic E-state index is 0.0405. The van der Waals surface area contributed by atoms with Gasteiger partial charge in [-0.25, -0.2) is 4.98 Å². The van der Waals surface area contributed by atoms with Crippen LogP contribution in [-0.4, -0.2) is 35.9 Å². The fraction of sp³-hybridized carbons (Fsp3) is 0.455. The molecule has 88 valence electrons. The van der Waals surface area contributed by atoms with Crippen LogP contribution >= 0.6 is 0 Å². The molecule has 0 atom stereocenters. The van der Waals surface area contributed by atoms with Crippen LogP contribution in [0.25, 0.3) is 0 Å². The molecule has 1 aromatic rings. The number of nitrogens with one attached hydrogen (secondary N) is 1. The summed E-state index contributed by atoms with van der Waals surface area (Å²) < 4.78 is 0. The van der Waals surface area contributed by atoms with Crippen LogP contribution in [0.15, 0.2) is 12.3 Å². The van der Waals surface area contributed by atoms with E-state index in [1.807, 2.05) is 19.9 Å². The number of hydrogen-bond donors (Lipinski definition) is 2. The molecule has 0 aromatic carbocycles. The Kier molecular flexibility index (Phi) is 4.10. The van der Waals surface area contributed by atoms with Crippen molar-refractivity contribution in [2.45, 2.75) is 13.8 Å². The first-order valence-electron chi connectivity index (χ1n) is 5.24. The lowest BCUT2D eigenvalue weighted by molar-refractivity contribution is -0.127. The highest BCUT2D eigenvalue weighted by Crippen LogP contribution is 2.12. The number of carbonyl (C=O) groups is 1. The van der Waals surface area contributed by atoms with Gasteiger partial charge >= 0.3 is 0 Å². The lowest BCUT2D eigenvalue weighted by Gasteiger charge is -2.15. The zero-order valence-corrected chi connectivity index (χ0v) is 9.95. The van der Waals surface area contributed by atoms with Gasteiger partial charge in [0, 0.05) is 13.6 Å². The van der Waals surface area contributed by atoms with Crippen molar-refractivity contribution >= 4 is 17.4 Å². The molecule has 0 fully saturated rings. The Balaban J connectivity index is 2.55. The van der Waals surface area contributed by atoms with Crippen molar-refractivity contribution in [3.63, 3.8) is 0 Å². The Morgan fingerprint density at radius 3 is 2.88 bits per heavy atom. The molecular weight excluding hydrogens is 204 g/mol. The fourth-order valence-corrected chi connectivity index (χ4v) is 1.14. The molecule has 1 aromatic heterocycles. The second-order valence-corrected chi connectivity index (χ2v) is 3.69. The van der Waals surface area contributed by atoms with Crippen LogP contribution in [0.2, 0.25) is 0 Å². The van der Waals surface area contributed by atoms with Crippen molar-refractivity contribution in [1.29, 1.82) is 0 Å². The highest BCUT2D eigenvalue weighted by atomic mass is 16.2. The van der Waals surface area contributed by atoms with E-state index in [9.17, 15) is 4.79 Å². The molecule has 0 bridgehead atoms. The van der Waals surface area contributed by atoms with E-state index in [0.29, 0.717) is 18.1 Å². The predicted molar refractivity (Wildman–Crippen MR) is 65.2 cm³/mol. The number of aryl methyl sites for hydroxylation is 1. The van der Waals surface area contributed by atoms with E-state index in [1.165, 1.54) is 0 Å². The summed E-state index contributed by atoms with van der Waals surface area (Å²) in [6, 6.07) is 1.83. The van der Waals surface area contributed by atoms with Crippen molar-refractivity contribution < 1.29 is 4.79 Å². The van der Waals surface area contributed by atoms with Crippen LogP contribution in [0.3, 0.4) is 0 Å². The smallest absolute Gasteiger partial charge is 0.241 e.